The fourth-order valence-corrected chi connectivity index (χ4v) is 2.83. The first-order valence-electron chi connectivity index (χ1n) is 6.76. The largest absolute Gasteiger partial charge is 0.439 e. The molecular weight excluding hydrogens is 276 g/mol. The van der Waals surface area contributed by atoms with E-state index in [1.165, 1.54) is 0 Å². The van der Waals surface area contributed by atoms with Gasteiger partial charge >= 0.3 is 6.09 Å². The first-order chi connectivity index (χ1) is 9.97. The summed E-state index contributed by atoms with van der Waals surface area (Å²) in [5.41, 5.74) is 1.28. The van der Waals surface area contributed by atoms with E-state index in [1.54, 1.807) is 22.7 Å². The topological polar surface area (TPSA) is 84.7 Å². The lowest BCUT2D eigenvalue weighted by molar-refractivity contribution is -0.127. The van der Waals surface area contributed by atoms with E-state index in [1.807, 2.05) is 6.92 Å². The van der Waals surface area contributed by atoms with Crippen molar-refractivity contribution in [1.29, 1.82) is 0 Å². The molecule has 8 heteroatoms. The molecule has 1 unspecified atom stereocenters. The van der Waals surface area contributed by atoms with E-state index in [0.29, 0.717) is 25.2 Å². The van der Waals surface area contributed by atoms with Gasteiger partial charge in [-0.25, -0.2) is 9.69 Å². The number of hydrogen-bond acceptors (Lipinski definition) is 5. The van der Waals surface area contributed by atoms with E-state index in [4.69, 9.17) is 4.74 Å². The van der Waals surface area contributed by atoms with Crippen LogP contribution in [0.3, 0.4) is 0 Å². The SMILES string of the molecule is Cc1cc(C(=O)N2CCC(N3C(=O)COC3=O)C2)n(C)n1. The second-order valence-corrected chi connectivity index (χ2v) is 5.31. The van der Waals surface area contributed by atoms with Crippen LogP contribution in [-0.4, -0.2) is 63.2 Å². The van der Waals surface area contributed by atoms with Crippen LogP contribution >= 0.6 is 0 Å². The van der Waals surface area contributed by atoms with Crippen LogP contribution < -0.4 is 0 Å². The van der Waals surface area contributed by atoms with Crippen molar-refractivity contribution in [2.75, 3.05) is 19.7 Å². The smallest absolute Gasteiger partial charge is 0.417 e. The van der Waals surface area contributed by atoms with Crippen LogP contribution in [0, 0.1) is 6.92 Å². The van der Waals surface area contributed by atoms with Crippen LogP contribution in [0.5, 0.6) is 0 Å². The average Bonchev–Trinajstić information content (AvgIpc) is 3.10. The second-order valence-electron chi connectivity index (χ2n) is 5.31. The van der Waals surface area contributed by atoms with Crippen LogP contribution in [0.1, 0.15) is 22.6 Å². The number of imide groups is 1. The number of likely N-dealkylation sites (tertiary alicyclic amines) is 1. The third kappa shape index (κ3) is 2.26. The number of carbonyl (C=O) groups is 3. The Balaban J connectivity index is 1.72. The number of nitrogens with zero attached hydrogens (tertiary/aromatic N) is 4. The minimum absolute atomic E-state index is 0.138. The molecule has 8 nitrogen and oxygen atoms in total. The molecule has 2 aliphatic heterocycles. The molecule has 0 aromatic carbocycles. The molecule has 3 rings (SSSR count). The highest BCUT2D eigenvalue weighted by atomic mass is 16.6. The Morgan fingerprint density at radius 1 is 1.43 bits per heavy atom. The summed E-state index contributed by atoms with van der Waals surface area (Å²) in [6, 6.07) is 1.43. The Morgan fingerprint density at radius 3 is 2.76 bits per heavy atom. The van der Waals surface area contributed by atoms with Gasteiger partial charge in [0.2, 0.25) is 0 Å². The molecule has 3 amide bonds. The van der Waals surface area contributed by atoms with E-state index in [2.05, 4.69) is 5.10 Å². The highest BCUT2D eigenvalue weighted by molar-refractivity contribution is 5.98. The van der Waals surface area contributed by atoms with Gasteiger partial charge in [-0.3, -0.25) is 14.3 Å². The Bertz CT molecular complexity index is 608. The monoisotopic (exact) mass is 292 g/mol. The Labute approximate surface area is 121 Å². The molecule has 112 valence electrons. The highest BCUT2D eigenvalue weighted by Gasteiger charge is 2.41. The van der Waals surface area contributed by atoms with Crippen LogP contribution in [0.4, 0.5) is 4.79 Å². The maximum absolute atomic E-state index is 12.5. The molecular formula is C13H16N4O4. The van der Waals surface area contributed by atoms with Crippen molar-refractivity contribution in [2.45, 2.75) is 19.4 Å². The van der Waals surface area contributed by atoms with Crippen molar-refractivity contribution in [3.63, 3.8) is 0 Å². The molecule has 2 fully saturated rings. The van der Waals surface area contributed by atoms with Crippen LogP contribution in [0.25, 0.3) is 0 Å². The summed E-state index contributed by atoms with van der Waals surface area (Å²) < 4.78 is 6.25. The molecule has 2 saturated heterocycles. The van der Waals surface area contributed by atoms with Gasteiger partial charge in [-0.1, -0.05) is 0 Å². The Morgan fingerprint density at radius 2 is 2.19 bits per heavy atom. The molecule has 21 heavy (non-hydrogen) atoms. The summed E-state index contributed by atoms with van der Waals surface area (Å²) >= 11 is 0. The molecule has 2 aliphatic rings. The molecule has 1 aromatic rings. The summed E-state index contributed by atoms with van der Waals surface area (Å²) in [5.74, 6) is -0.476. The first-order valence-corrected chi connectivity index (χ1v) is 6.76. The summed E-state index contributed by atoms with van der Waals surface area (Å²) in [5, 5.41) is 4.15. The standard InChI is InChI=1S/C13H16N4O4/c1-8-5-10(15(2)14-8)12(19)16-4-3-9(6-16)17-11(18)7-21-13(17)20/h5,9H,3-4,6-7H2,1-2H3. The number of cyclic esters (lactones) is 1. The number of ether oxygens (including phenoxy) is 1. The van der Waals surface area contributed by atoms with Gasteiger partial charge in [0.1, 0.15) is 5.69 Å². The van der Waals surface area contributed by atoms with Crippen molar-refractivity contribution < 1.29 is 19.1 Å². The van der Waals surface area contributed by atoms with E-state index in [-0.39, 0.29) is 24.5 Å². The molecule has 1 atom stereocenters. The second kappa shape index (κ2) is 4.87. The maximum atomic E-state index is 12.5. The lowest BCUT2D eigenvalue weighted by Gasteiger charge is -2.20. The van der Waals surface area contributed by atoms with Crippen molar-refractivity contribution in [3.8, 4) is 0 Å². The van der Waals surface area contributed by atoms with E-state index >= 15 is 0 Å². The fraction of sp³-hybridized carbons (Fsp3) is 0.538. The number of rotatable bonds is 2. The minimum atomic E-state index is -0.615. The molecule has 1 aromatic heterocycles. The van der Waals surface area contributed by atoms with Crippen molar-refractivity contribution in [3.05, 3.63) is 17.5 Å². The number of aromatic nitrogens is 2. The zero-order valence-corrected chi connectivity index (χ0v) is 11.9. The number of amides is 3. The highest BCUT2D eigenvalue weighted by Crippen LogP contribution is 2.21. The first kappa shape index (κ1) is 13.6. The summed E-state index contributed by atoms with van der Waals surface area (Å²) in [7, 11) is 1.72. The summed E-state index contributed by atoms with van der Waals surface area (Å²) in [6.45, 7) is 2.46. The summed E-state index contributed by atoms with van der Waals surface area (Å²) in [4.78, 5) is 38.4. The van der Waals surface area contributed by atoms with Gasteiger partial charge in [-0.15, -0.1) is 0 Å². The van der Waals surface area contributed by atoms with Crippen LogP contribution in [0.2, 0.25) is 0 Å². The fourth-order valence-electron chi connectivity index (χ4n) is 2.83. The van der Waals surface area contributed by atoms with Crippen molar-refractivity contribution in [2.24, 2.45) is 7.05 Å². The predicted molar refractivity (Wildman–Crippen MR) is 70.4 cm³/mol. The molecule has 3 heterocycles. The van der Waals surface area contributed by atoms with E-state index < -0.39 is 6.09 Å². The van der Waals surface area contributed by atoms with Gasteiger partial charge in [-0.05, 0) is 19.4 Å². The third-order valence-corrected chi connectivity index (χ3v) is 3.82. The van der Waals surface area contributed by atoms with Crippen molar-refractivity contribution in [1.82, 2.24) is 19.6 Å². The number of hydrogen-bond donors (Lipinski definition) is 0. The van der Waals surface area contributed by atoms with Gasteiger partial charge in [0.05, 0.1) is 11.7 Å². The van der Waals surface area contributed by atoms with E-state index in [9.17, 15) is 14.4 Å². The Hall–Kier alpha value is -2.38. The van der Waals surface area contributed by atoms with Crippen molar-refractivity contribution >= 4 is 17.9 Å². The molecule has 0 spiro atoms. The maximum Gasteiger partial charge on any atom is 0.417 e. The predicted octanol–water partition coefficient (Wildman–Crippen LogP) is -0.0782. The molecule has 0 N–H and O–H groups in total. The Kier molecular flexibility index (Phi) is 3.15. The molecule has 0 radical (unpaired) electrons. The van der Waals surface area contributed by atoms with Crippen LogP contribution in [0.15, 0.2) is 6.07 Å². The minimum Gasteiger partial charge on any atom is -0.439 e. The summed E-state index contributed by atoms with van der Waals surface area (Å²) in [6.07, 6.45) is -0.0423. The zero-order valence-electron chi connectivity index (χ0n) is 11.9. The lowest BCUT2D eigenvalue weighted by Crippen LogP contribution is -2.42. The zero-order chi connectivity index (χ0) is 15.1. The van der Waals surface area contributed by atoms with Gasteiger partial charge in [0, 0.05) is 20.1 Å². The lowest BCUT2D eigenvalue weighted by atomic mass is 10.2. The molecule has 0 bridgehead atoms. The molecule has 0 saturated carbocycles. The van der Waals surface area contributed by atoms with Gasteiger partial charge < -0.3 is 9.64 Å². The molecule has 0 aliphatic carbocycles. The quantitative estimate of drug-likeness (QED) is 0.761. The average molecular weight is 292 g/mol. The third-order valence-electron chi connectivity index (χ3n) is 3.82. The van der Waals surface area contributed by atoms with Gasteiger partial charge in [0.25, 0.3) is 11.8 Å². The normalized spacial score (nSPS) is 22.1. The number of aryl methyl sites for hydroxylation is 2. The van der Waals surface area contributed by atoms with Gasteiger partial charge in [0.15, 0.2) is 6.61 Å². The van der Waals surface area contributed by atoms with E-state index in [0.717, 1.165) is 10.6 Å². The van der Waals surface area contributed by atoms with Crippen LogP contribution in [-0.2, 0) is 16.6 Å². The number of carbonyl (C=O) groups excluding carboxylic acids is 3. The van der Waals surface area contributed by atoms with Gasteiger partial charge in [-0.2, -0.15) is 5.10 Å².